The molecule has 1 amide bonds. The molecular formula is C21H22N2O5. The number of aromatic nitrogens is 1. The lowest BCUT2D eigenvalue weighted by Crippen LogP contribution is -2.28. The number of aromatic hydroxyl groups is 1. The largest absolute Gasteiger partial charge is 0.502 e. The Labute approximate surface area is 162 Å². The van der Waals surface area contributed by atoms with Crippen LogP contribution < -0.4 is 20.3 Å². The first-order valence-electron chi connectivity index (χ1n) is 8.89. The van der Waals surface area contributed by atoms with Gasteiger partial charge >= 0.3 is 0 Å². The number of amides is 1. The van der Waals surface area contributed by atoms with Crippen LogP contribution in [0, 0.1) is 0 Å². The number of para-hydroxylation sites is 3. The normalized spacial score (nSPS) is 10.6. The maximum absolute atomic E-state index is 12.6. The van der Waals surface area contributed by atoms with Crippen LogP contribution in [0.1, 0.15) is 16.8 Å². The molecule has 3 aromatic rings. The molecule has 0 unspecified atom stereocenters. The quantitative estimate of drug-likeness (QED) is 0.613. The molecule has 7 nitrogen and oxygen atoms in total. The molecule has 1 aromatic heterocycles. The van der Waals surface area contributed by atoms with Crippen molar-refractivity contribution < 1.29 is 19.4 Å². The van der Waals surface area contributed by atoms with Crippen LogP contribution in [0.25, 0.3) is 10.9 Å². The summed E-state index contributed by atoms with van der Waals surface area (Å²) in [5.74, 6) is 0.224. The second-order valence-corrected chi connectivity index (χ2v) is 6.21. The molecule has 0 fully saturated rings. The summed E-state index contributed by atoms with van der Waals surface area (Å²) in [4.78, 5) is 24.8. The molecule has 146 valence electrons. The maximum Gasteiger partial charge on any atom is 0.293 e. The Morgan fingerprint density at radius 1 is 1.11 bits per heavy atom. The van der Waals surface area contributed by atoms with E-state index in [2.05, 4.69) is 5.32 Å². The molecular weight excluding hydrogens is 360 g/mol. The highest BCUT2D eigenvalue weighted by Gasteiger charge is 2.20. The zero-order valence-corrected chi connectivity index (χ0v) is 15.8. The van der Waals surface area contributed by atoms with Gasteiger partial charge in [0, 0.05) is 19.0 Å². The van der Waals surface area contributed by atoms with Crippen molar-refractivity contribution in [2.75, 3.05) is 20.3 Å². The summed E-state index contributed by atoms with van der Waals surface area (Å²) < 4.78 is 12.2. The number of aryl methyl sites for hydroxylation is 1. The van der Waals surface area contributed by atoms with E-state index in [1.807, 2.05) is 12.1 Å². The highest BCUT2D eigenvalue weighted by atomic mass is 16.5. The van der Waals surface area contributed by atoms with E-state index in [9.17, 15) is 14.7 Å². The minimum absolute atomic E-state index is 0.00986. The average Bonchev–Trinajstić information content (AvgIpc) is 2.72. The third-order valence-electron chi connectivity index (χ3n) is 4.44. The van der Waals surface area contributed by atoms with Crippen LogP contribution in [0.15, 0.2) is 53.3 Å². The van der Waals surface area contributed by atoms with Crippen molar-refractivity contribution in [2.24, 2.45) is 7.05 Å². The van der Waals surface area contributed by atoms with E-state index in [1.165, 1.54) is 4.57 Å². The summed E-state index contributed by atoms with van der Waals surface area (Å²) in [6.07, 6.45) is 0.549. The lowest BCUT2D eigenvalue weighted by atomic mass is 10.1. The van der Waals surface area contributed by atoms with Crippen LogP contribution in [0.4, 0.5) is 0 Å². The second-order valence-electron chi connectivity index (χ2n) is 6.21. The summed E-state index contributed by atoms with van der Waals surface area (Å²) in [5.41, 5.74) is -0.0392. The number of benzene rings is 2. The Balaban J connectivity index is 1.65. The van der Waals surface area contributed by atoms with Gasteiger partial charge in [0.1, 0.15) is 0 Å². The number of nitrogens with one attached hydrogen (secondary N) is 1. The lowest BCUT2D eigenvalue weighted by Gasteiger charge is -2.13. The van der Waals surface area contributed by atoms with Gasteiger partial charge in [0.25, 0.3) is 11.5 Å². The topological polar surface area (TPSA) is 89.8 Å². The van der Waals surface area contributed by atoms with Gasteiger partial charge in [-0.05, 0) is 24.6 Å². The van der Waals surface area contributed by atoms with Gasteiger partial charge in [-0.2, -0.15) is 0 Å². The van der Waals surface area contributed by atoms with E-state index in [1.54, 1.807) is 50.6 Å². The van der Waals surface area contributed by atoms with E-state index in [4.69, 9.17) is 9.47 Å². The van der Waals surface area contributed by atoms with Crippen molar-refractivity contribution >= 4 is 16.8 Å². The second kappa shape index (κ2) is 8.47. The lowest BCUT2D eigenvalue weighted by molar-refractivity contribution is 0.0950. The van der Waals surface area contributed by atoms with Crippen LogP contribution in [0.2, 0.25) is 0 Å². The Bertz CT molecular complexity index is 1060. The van der Waals surface area contributed by atoms with Crippen molar-refractivity contribution in [3.8, 4) is 17.2 Å². The fourth-order valence-corrected chi connectivity index (χ4v) is 2.99. The smallest absolute Gasteiger partial charge is 0.293 e. The van der Waals surface area contributed by atoms with Crippen LogP contribution in [-0.4, -0.2) is 35.8 Å². The Morgan fingerprint density at radius 2 is 1.79 bits per heavy atom. The number of rotatable bonds is 7. The van der Waals surface area contributed by atoms with E-state index in [0.29, 0.717) is 42.0 Å². The molecule has 1 heterocycles. The van der Waals surface area contributed by atoms with Crippen molar-refractivity contribution in [3.05, 3.63) is 64.4 Å². The van der Waals surface area contributed by atoms with E-state index < -0.39 is 17.2 Å². The predicted octanol–water partition coefficient (Wildman–Crippen LogP) is 2.45. The number of methoxy groups -OCH3 is 1. The van der Waals surface area contributed by atoms with Gasteiger partial charge in [-0.15, -0.1) is 0 Å². The number of ether oxygens (including phenoxy) is 2. The number of fused-ring (bicyclic) bond motifs is 1. The Kier molecular flexibility index (Phi) is 5.84. The molecule has 0 bridgehead atoms. The average molecular weight is 382 g/mol. The van der Waals surface area contributed by atoms with Gasteiger partial charge in [0.15, 0.2) is 17.2 Å². The van der Waals surface area contributed by atoms with Gasteiger partial charge in [0.2, 0.25) is 0 Å². The number of nitrogens with zero attached hydrogens (tertiary/aromatic N) is 1. The number of carbonyl (C=O) groups is 1. The molecule has 0 atom stereocenters. The third-order valence-corrected chi connectivity index (χ3v) is 4.44. The molecule has 3 rings (SSSR count). The van der Waals surface area contributed by atoms with Crippen LogP contribution >= 0.6 is 0 Å². The predicted molar refractivity (Wildman–Crippen MR) is 106 cm³/mol. The first-order valence-corrected chi connectivity index (χ1v) is 8.89. The standard InChI is InChI=1S/C21H22N2O5/c1-23-15-9-4-3-8-14(15)18(19(24)21(23)26)20(25)22-12-7-13-28-17-11-6-5-10-16(17)27-2/h3-6,8-11,24H,7,12-13H2,1-2H3,(H,22,25). The van der Waals surface area contributed by atoms with E-state index in [-0.39, 0.29) is 5.56 Å². The van der Waals surface area contributed by atoms with Gasteiger partial charge in [-0.3, -0.25) is 9.59 Å². The SMILES string of the molecule is COc1ccccc1OCCCNC(=O)c1c(O)c(=O)n(C)c2ccccc12. The zero-order valence-electron chi connectivity index (χ0n) is 15.8. The molecule has 2 aromatic carbocycles. The molecule has 0 spiro atoms. The number of hydrogen-bond acceptors (Lipinski definition) is 5. The number of pyridine rings is 1. The third kappa shape index (κ3) is 3.78. The molecule has 0 saturated heterocycles. The summed E-state index contributed by atoms with van der Waals surface area (Å²) >= 11 is 0. The molecule has 7 heteroatoms. The van der Waals surface area contributed by atoms with Crippen molar-refractivity contribution in [1.29, 1.82) is 0 Å². The van der Waals surface area contributed by atoms with Crippen molar-refractivity contribution in [1.82, 2.24) is 9.88 Å². The summed E-state index contributed by atoms with van der Waals surface area (Å²) in [7, 11) is 3.13. The Morgan fingerprint density at radius 3 is 2.54 bits per heavy atom. The summed E-state index contributed by atoms with van der Waals surface area (Å²) in [6, 6.07) is 14.3. The van der Waals surface area contributed by atoms with Gasteiger partial charge in [0.05, 0.1) is 24.8 Å². The molecule has 0 aliphatic heterocycles. The Hall–Kier alpha value is -3.48. The van der Waals surface area contributed by atoms with Gasteiger partial charge in [-0.1, -0.05) is 30.3 Å². The number of carbonyl (C=O) groups excluding carboxylic acids is 1. The van der Waals surface area contributed by atoms with Crippen molar-refractivity contribution in [3.63, 3.8) is 0 Å². The van der Waals surface area contributed by atoms with Crippen LogP contribution in [0.3, 0.4) is 0 Å². The highest BCUT2D eigenvalue weighted by Crippen LogP contribution is 2.26. The maximum atomic E-state index is 12.6. The number of hydrogen-bond donors (Lipinski definition) is 2. The molecule has 0 radical (unpaired) electrons. The summed E-state index contributed by atoms with van der Waals surface area (Å²) in [5, 5.41) is 13.5. The summed E-state index contributed by atoms with van der Waals surface area (Å²) in [6.45, 7) is 0.709. The van der Waals surface area contributed by atoms with Crippen molar-refractivity contribution in [2.45, 2.75) is 6.42 Å². The fourth-order valence-electron chi connectivity index (χ4n) is 2.99. The zero-order chi connectivity index (χ0) is 20.1. The minimum atomic E-state index is -0.608. The highest BCUT2D eigenvalue weighted by molar-refractivity contribution is 6.08. The van der Waals surface area contributed by atoms with E-state index >= 15 is 0 Å². The molecule has 0 aliphatic rings. The fraction of sp³-hybridized carbons (Fsp3) is 0.238. The molecule has 0 aliphatic carbocycles. The molecule has 0 saturated carbocycles. The monoisotopic (exact) mass is 382 g/mol. The van der Waals surface area contributed by atoms with Gasteiger partial charge < -0.3 is 24.5 Å². The van der Waals surface area contributed by atoms with Crippen LogP contribution in [0.5, 0.6) is 17.2 Å². The first kappa shape index (κ1) is 19.3. The first-order chi connectivity index (χ1) is 13.5. The van der Waals surface area contributed by atoms with E-state index in [0.717, 1.165) is 0 Å². The minimum Gasteiger partial charge on any atom is -0.502 e. The molecule has 2 N–H and O–H groups in total. The van der Waals surface area contributed by atoms with Gasteiger partial charge in [-0.25, -0.2) is 0 Å². The van der Waals surface area contributed by atoms with Crippen LogP contribution in [-0.2, 0) is 7.05 Å². The molecule has 28 heavy (non-hydrogen) atoms.